The Morgan fingerprint density at radius 2 is 2.19 bits per heavy atom. The highest BCUT2D eigenvalue weighted by molar-refractivity contribution is 5.77. The lowest BCUT2D eigenvalue weighted by Gasteiger charge is -2.05. The molecule has 6 heteroatoms. The summed E-state index contributed by atoms with van der Waals surface area (Å²) < 4.78 is 1.83. The number of aliphatic imine (C=N–C) groups is 1. The number of nitrogens with two attached hydrogens (primary N) is 1. The smallest absolute Gasteiger partial charge is 0.188 e. The Balaban J connectivity index is 2.04. The summed E-state index contributed by atoms with van der Waals surface area (Å²) >= 11 is 0. The first kappa shape index (κ1) is 15.0. The molecule has 0 atom stereocenters. The average molecular weight is 286 g/mol. The van der Waals surface area contributed by atoms with Crippen LogP contribution in [0.25, 0.3) is 5.82 Å². The molecule has 21 heavy (non-hydrogen) atoms. The third-order valence-corrected chi connectivity index (χ3v) is 3.02. The van der Waals surface area contributed by atoms with Gasteiger partial charge in [-0.2, -0.15) is 5.10 Å². The molecule has 0 radical (unpaired) electrons. The van der Waals surface area contributed by atoms with Crippen LogP contribution in [0, 0.1) is 13.8 Å². The van der Waals surface area contributed by atoms with Gasteiger partial charge in [-0.1, -0.05) is 13.0 Å². The molecule has 2 heterocycles. The lowest BCUT2D eigenvalue weighted by Crippen LogP contribution is -2.32. The summed E-state index contributed by atoms with van der Waals surface area (Å²) in [5.41, 5.74) is 8.82. The molecule has 2 rings (SSSR count). The van der Waals surface area contributed by atoms with Gasteiger partial charge in [0.05, 0.1) is 12.2 Å². The first-order valence-corrected chi connectivity index (χ1v) is 7.12. The maximum absolute atomic E-state index is 5.76. The average Bonchev–Trinajstić information content (AvgIpc) is 2.82. The molecule has 0 spiro atoms. The zero-order valence-electron chi connectivity index (χ0n) is 12.8. The van der Waals surface area contributed by atoms with E-state index in [9.17, 15) is 0 Å². The molecule has 0 unspecified atom stereocenters. The Morgan fingerprint density at radius 3 is 2.76 bits per heavy atom. The van der Waals surface area contributed by atoms with Crippen LogP contribution in [0.2, 0.25) is 0 Å². The summed E-state index contributed by atoms with van der Waals surface area (Å²) in [5, 5.41) is 7.46. The Kier molecular flexibility index (Phi) is 4.92. The fourth-order valence-electron chi connectivity index (χ4n) is 1.98. The predicted molar refractivity (Wildman–Crippen MR) is 84.5 cm³/mol. The maximum atomic E-state index is 5.76. The van der Waals surface area contributed by atoms with E-state index in [1.165, 1.54) is 0 Å². The largest absolute Gasteiger partial charge is 0.370 e. The van der Waals surface area contributed by atoms with Crippen LogP contribution in [-0.4, -0.2) is 27.3 Å². The molecule has 0 saturated heterocycles. The standard InChI is InChI=1S/C15H22N6/c1-4-7-17-15(16)19-10-13-5-6-14(18-9-13)21-12(3)8-11(2)20-21/h5-6,8-9H,4,7,10H2,1-3H3,(H3,16,17,19). The molecule has 0 bridgehead atoms. The van der Waals surface area contributed by atoms with E-state index in [0.29, 0.717) is 12.5 Å². The fourth-order valence-corrected chi connectivity index (χ4v) is 1.98. The van der Waals surface area contributed by atoms with Crippen molar-refractivity contribution in [1.29, 1.82) is 0 Å². The minimum absolute atomic E-state index is 0.472. The highest BCUT2D eigenvalue weighted by atomic mass is 15.3. The first-order valence-electron chi connectivity index (χ1n) is 7.12. The van der Waals surface area contributed by atoms with Gasteiger partial charge in [-0.3, -0.25) is 0 Å². The van der Waals surface area contributed by atoms with Crippen LogP contribution in [0.4, 0.5) is 0 Å². The summed E-state index contributed by atoms with van der Waals surface area (Å²) in [6.07, 6.45) is 2.83. The number of nitrogens with zero attached hydrogens (tertiary/aromatic N) is 4. The van der Waals surface area contributed by atoms with Crippen molar-refractivity contribution in [2.75, 3.05) is 6.54 Å². The van der Waals surface area contributed by atoms with E-state index in [1.807, 2.05) is 42.9 Å². The van der Waals surface area contributed by atoms with E-state index in [-0.39, 0.29) is 0 Å². The Bertz CT molecular complexity index is 612. The highest BCUT2D eigenvalue weighted by Gasteiger charge is 2.04. The molecule has 0 aromatic carbocycles. The third-order valence-electron chi connectivity index (χ3n) is 3.02. The number of rotatable bonds is 5. The number of guanidine groups is 1. The van der Waals surface area contributed by atoms with Gasteiger partial charge in [-0.05, 0) is 38.0 Å². The van der Waals surface area contributed by atoms with Crippen molar-refractivity contribution >= 4 is 5.96 Å². The lowest BCUT2D eigenvalue weighted by molar-refractivity contribution is 0.802. The Morgan fingerprint density at radius 1 is 1.38 bits per heavy atom. The highest BCUT2D eigenvalue weighted by Crippen LogP contribution is 2.10. The Labute approximate surface area is 125 Å². The van der Waals surface area contributed by atoms with Crippen molar-refractivity contribution in [2.24, 2.45) is 10.7 Å². The lowest BCUT2D eigenvalue weighted by atomic mass is 10.3. The Hall–Kier alpha value is -2.37. The zero-order chi connectivity index (χ0) is 15.2. The van der Waals surface area contributed by atoms with Crippen LogP contribution in [0.1, 0.15) is 30.3 Å². The van der Waals surface area contributed by atoms with Gasteiger partial charge in [0.15, 0.2) is 11.8 Å². The molecule has 0 amide bonds. The van der Waals surface area contributed by atoms with Gasteiger partial charge < -0.3 is 11.1 Å². The number of hydrogen-bond acceptors (Lipinski definition) is 3. The molecule has 0 aliphatic heterocycles. The van der Waals surface area contributed by atoms with Crippen molar-refractivity contribution < 1.29 is 0 Å². The fraction of sp³-hybridized carbons (Fsp3) is 0.400. The molecule has 3 N–H and O–H groups in total. The predicted octanol–water partition coefficient (Wildman–Crippen LogP) is 1.70. The molecule has 0 aliphatic carbocycles. The van der Waals surface area contributed by atoms with E-state index in [4.69, 9.17) is 5.73 Å². The normalized spacial score (nSPS) is 11.7. The molecular weight excluding hydrogens is 264 g/mol. The third kappa shape index (κ3) is 4.05. The van der Waals surface area contributed by atoms with Crippen LogP contribution >= 0.6 is 0 Å². The molecule has 0 saturated carbocycles. The summed E-state index contributed by atoms with van der Waals surface area (Å²) in [7, 11) is 0. The summed E-state index contributed by atoms with van der Waals surface area (Å²) in [6.45, 7) is 7.43. The molecule has 112 valence electrons. The second-order valence-electron chi connectivity index (χ2n) is 4.99. The summed E-state index contributed by atoms with van der Waals surface area (Å²) in [6, 6.07) is 5.97. The zero-order valence-corrected chi connectivity index (χ0v) is 12.8. The molecule has 2 aromatic heterocycles. The second kappa shape index (κ2) is 6.88. The van der Waals surface area contributed by atoms with Crippen molar-refractivity contribution in [1.82, 2.24) is 20.1 Å². The maximum Gasteiger partial charge on any atom is 0.188 e. The van der Waals surface area contributed by atoms with Gasteiger partial charge in [0.2, 0.25) is 0 Å². The van der Waals surface area contributed by atoms with Gasteiger partial charge in [0.1, 0.15) is 0 Å². The summed E-state index contributed by atoms with van der Waals surface area (Å²) in [5.74, 6) is 1.28. The number of pyridine rings is 1. The van der Waals surface area contributed by atoms with Crippen molar-refractivity contribution in [2.45, 2.75) is 33.7 Å². The van der Waals surface area contributed by atoms with Crippen LogP contribution in [-0.2, 0) is 6.54 Å². The number of nitrogens with one attached hydrogen (secondary N) is 1. The van der Waals surface area contributed by atoms with E-state index >= 15 is 0 Å². The van der Waals surface area contributed by atoms with Crippen LogP contribution in [0.15, 0.2) is 29.4 Å². The molecular formula is C15H22N6. The van der Waals surface area contributed by atoms with Gasteiger partial charge >= 0.3 is 0 Å². The SMILES string of the molecule is CCCNC(N)=NCc1ccc(-n2nc(C)cc2C)nc1. The minimum atomic E-state index is 0.472. The summed E-state index contributed by atoms with van der Waals surface area (Å²) in [4.78, 5) is 8.71. The van der Waals surface area contributed by atoms with Gasteiger partial charge in [-0.15, -0.1) is 0 Å². The van der Waals surface area contributed by atoms with E-state index < -0.39 is 0 Å². The van der Waals surface area contributed by atoms with Crippen molar-refractivity contribution in [3.05, 3.63) is 41.3 Å². The molecule has 0 fully saturated rings. The van der Waals surface area contributed by atoms with Gasteiger partial charge in [-0.25, -0.2) is 14.7 Å². The van der Waals surface area contributed by atoms with Gasteiger partial charge in [0.25, 0.3) is 0 Å². The van der Waals surface area contributed by atoms with E-state index in [2.05, 4.69) is 27.3 Å². The van der Waals surface area contributed by atoms with Crippen LogP contribution < -0.4 is 11.1 Å². The quantitative estimate of drug-likeness (QED) is 0.647. The molecule has 6 nitrogen and oxygen atoms in total. The van der Waals surface area contributed by atoms with Crippen molar-refractivity contribution in [3.8, 4) is 5.82 Å². The second-order valence-corrected chi connectivity index (χ2v) is 4.99. The van der Waals surface area contributed by atoms with Crippen LogP contribution in [0.5, 0.6) is 0 Å². The molecule has 0 aliphatic rings. The minimum Gasteiger partial charge on any atom is -0.370 e. The topological polar surface area (TPSA) is 81.1 Å². The number of aromatic nitrogens is 3. The number of aryl methyl sites for hydroxylation is 2. The van der Waals surface area contributed by atoms with Crippen LogP contribution in [0.3, 0.4) is 0 Å². The number of hydrogen-bond donors (Lipinski definition) is 2. The van der Waals surface area contributed by atoms with E-state index in [1.54, 1.807) is 0 Å². The van der Waals surface area contributed by atoms with E-state index in [0.717, 1.165) is 35.7 Å². The molecule has 2 aromatic rings. The van der Waals surface area contributed by atoms with Gasteiger partial charge in [0, 0.05) is 18.4 Å². The monoisotopic (exact) mass is 286 g/mol. The van der Waals surface area contributed by atoms with Crippen molar-refractivity contribution in [3.63, 3.8) is 0 Å². The first-order chi connectivity index (χ1) is 10.1.